The Bertz CT molecular complexity index is 606. The highest BCUT2D eigenvalue weighted by Gasteiger charge is 2.14. The van der Waals surface area contributed by atoms with Crippen LogP contribution in [0.5, 0.6) is 0 Å². The molecule has 3 heteroatoms. The number of rotatable bonds is 6. The van der Waals surface area contributed by atoms with Crippen molar-refractivity contribution in [3.8, 4) is 0 Å². The van der Waals surface area contributed by atoms with Gasteiger partial charge in [0, 0.05) is 6.54 Å². The summed E-state index contributed by atoms with van der Waals surface area (Å²) in [7, 11) is 0. The van der Waals surface area contributed by atoms with Crippen LogP contribution in [-0.2, 0) is 0 Å². The first-order valence-corrected chi connectivity index (χ1v) is 8.17. The summed E-state index contributed by atoms with van der Waals surface area (Å²) in [6, 6.07) is 14.7. The van der Waals surface area contributed by atoms with Gasteiger partial charge >= 0.3 is 0 Å². The maximum atomic E-state index is 13.8. The fourth-order valence-electron chi connectivity index (χ4n) is 3.16. The molecule has 1 aliphatic carbocycles. The van der Waals surface area contributed by atoms with Crippen molar-refractivity contribution < 1.29 is 4.39 Å². The first kappa shape index (κ1) is 14.9. The highest BCUT2D eigenvalue weighted by atomic mass is 19.1. The van der Waals surface area contributed by atoms with Gasteiger partial charge in [0.25, 0.3) is 0 Å². The molecule has 2 N–H and O–H groups in total. The predicted octanol–water partition coefficient (Wildman–Crippen LogP) is 5.56. The Balaban J connectivity index is 1.63. The van der Waals surface area contributed by atoms with Gasteiger partial charge in [-0.3, -0.25) is 0 Å². The average molecular weight is 298 g/mol. The van der Waals surface area contributed by atoms with E-state index in [1.54, 1.807) is 12.1 Å². The van der Waals surface area contributed by atoms with Gasteiger partial charge in [0.05, 0.1) is 17.1 Å². The molecule has 0 bridgehead atoms. The van der Waals surface area contributed by atoms with Gasteiger partial charge in [-0.2, -0.15) is 0 Å². The number of halogens is 1. The third-order valence-corrected chi connectivity index (χ3v) is 4.41. The molecule has 0 amide bonds. The Kier molecular flexibility index (Phi) is 4.94. The van der Waals surface area contributed by atoms with Gasteiger partial charge in [0.1, 0.15) is 5.82 Å². The molecule has 0 unspecified atom stereocenters. The Hall–Kier alpha value is -2.03. The molecule has 2 aromatic carbocycles. The summed E-state index contributed by atoms with van der Waals surface area (Å²) in [5.41, 5.74) is 2.45. The van der Waals surface area contributed by atoms with Crippen LogP contribution in [0.2, 0.25) is 0 Å². The summed E-state index contributed by atoms with van der Waals surface area (Å²) in [6.07, 6.45) is 6.73. The Morgan fingerprint density at radius 3 is 2.23 bits per heavy atom. The number of nitrogens with one attached hydrogen (secondary N) is 2. The molecule has 1 aliphatic rings. The summed E-state index contributed by atoms with van der Waals surface area (Å²) in [5, 5.41) is 6.68. The minimum absolute atomic E-state index is 0.233. The van der Waals surface area contributed by atoms with Crippen molar-refractivity contribution in [2.45, 2.75) is 32.1 Å². The molecule has 0 saturated heterocycles. The van der Waals surface area contributed by atoms with Crippen molar-refractivity contribution in [3.05, 3.63) is 54.3 Å². The second-order valence-corrected chi connectivity index (χ2v) is 6.02. The summed E-state index contributed by atoms with van der Waals surface area (Å²) < 4.78 is 13.8. The van der Waals surface area contributed by atoms with Crippen LogP contribution in [0.25, 0.3) is 0 Å². The fraction of sp³-hybridized carbons (Fsp3) is 0.368. The van der Waals surface area contributed by atoms with Gasteiger partial charge in [-0.25, -0.2) is 4.39 Å². The Morgan fingerprint density at radius 1 is 0.864 bits per heavy atom. The molecule has 0 aromatic heterocycles. The minimum atomic E-state index is -0.233. The molecule has 1 saturated carbocycles. The van der Waals surface area contributed by atoms with Crippen LogP contribution in [0.3, 0.4) is 0 Å². The molecule has 1 fully saturated rings. The molecular formula is C19H23FN2. The lowest BCUT2D eigenvalue weighted by molar-refractivity contribution is 0.519. The molecule has 3 rings (SSSR count). The molecule has 0 heterocycles. The average Bonchev–Trinajstić information content (AvgIpc) is 3.04. The monoisotopic (exact) mass is 298 g/mol. The van der Waals surface area contributed by atoms with Crippen LogP contribution >= 0.6 is 0 Å². The molecule has 0 atom stereocenters. The van der Waals surface area contributed by atoms with E-state index in [4.69, 9.17) is 0 Å². The summed E-state index contributed by atoms with van der Waals surface area (Å²) in [6.45, 7) is 0.973. The van der Waals surface area contributed by atoms with E-state index in [2.05, 4.69) is 10.6 Å². The van der Waals surface area contributed by atoms with Crippen molar-refractivity contribution in [1.82, 2.24) is 0 Å². The molecule has 0 spiro atoms. The zero-order chi connectivity index (χ0) is 15.2. The molecule has 22 heavy (non-hydrogen) atoms. The van der Waals surface area contributed by atoms with Crippen molar-refractivity contribution in [3.63, 3.8) is 0 Å². The number of benzene rings is 2. The molecule has 116 valence electrons. The maximum Gasteiger partial charge on any atom is 0.146 e. The van der Waals surface area contributed by atoms with E-state index in [0.29, 0.717) is 5.69 Å². The second kappa shape index (κ2) is 7.30. The molecule has 2 aromatic rings. The normalized spacial score (nSPS) is 15.0. The van der Waals surface area contributed by atoms with Crippen LogP contribution in [0.4, 0.5) is 21.5 Å². The second-order valence-electron chi connectivity index (χ2n) is 6.02. The van der Waals surface area contributed by atoms with Gasteiger partial charge < -0.3 is 10.6 Å². The van der Waals surface area contributed by atoms with Crippen LogP contribution < -0.4 is 10.6 Å². The van der Waals surface area contributed by atoms with Crippen LogP contribution in [0, 0.1) is 11.7 Å². The maximum absolute atomic E-state index is 13.8. The Morgan fingerprint density at radius 2 is 1.50 bits per heavy atom. The van der Waals surface area contributed by atoms with E-state index >= 15 is 0 Å². The van der Waals surface area contributed by atoms with E-state index in [9.17, 15) is 4.39 Å². The topological polar surface area (TPSA) is 24.1 Å². The molecule has 0 aliphatic heterocycles. The lowest BCUT2D eigenvalue weighted by atomic mass is 10.0. The quantitative estimate of drug-likeness (QED) is 0.729. The third kappa shape index (κ3) is 3.79. The summed E-state index contributed by atoms with van der Waals surface area (Å²) in [5.74, 6) is 0.641. The highest BCUT2D eigenvalue weighted by molar-refractivity contribution is 5.74. The van der Waals surface area contributed by atoms with Gasteiger partial charge in [-0.1, -0.05) is 49.9 Å². The molecular weight excluding hydrogens is 275 g/mol. The zero-order valence-electron chi connectivity index (χ0n) is 12.8. The van der Waals surface area contributed by atoms with E-state index in [0.717, 1.165) is 23.8 Å². The Labute approximate surface area is 131 Å². The van der Waals surface area contributed by atoms with Crippen molar-refractivity contribution in [1.29, 1.82) is 0 Å². The summed E-state index contributed by atoms with van der Waals surface area (Å²) >= 11 is 0. The number of hydrogen-bond acceptors (Lipinski definition) is 2. The highest BCUT2D eigenvalue weighted by Crippen LogP contribution is 2.29. The van der Waals surface area contributed by atoms with Crippen molar-refractivity contribution in [2.24, 2.45) is 5.92 Å². The van der Waals surface area contributed by atoms with E-state index in [1.807, 2.05) is 30.3 Å². The SMILES string of the molecule is Fc1ccccc1Nc1ccccc1NCCC1CCCC1. The van der Waals surface area contributed by atoms with Gasteiger partial charge in [-0.05, 0) is 36.6 Å². The van der Waals surface area contributed by atoms with E-state index in [-0.39, 0.29) is 5.82 Å². The van der Waals surface area contributed by atoms with E-state index < -0.39 is 0 Å². The van der Waals surface area contributed by atoms with Crippen LogP contribution in [-0.4, -0.2) is 6.54 Å². The van der Waals surface area contributed by atoms with Gasteiger partial charge in [0.15, 0.2) is 0 Å². The third-order valence-electron chi connectivity index (χ3n) is 4.41. The molecule has 0 radical (unpaired) electrons. The predicted molar refractivity (Wildman–Crippen MR) is 91.2 cm³/mol. The smallest absolute Gasteiger partial charge is 0.146 e. The first-order chi connectivity index (χ1) is 10.8. The lowest BCUT2D eigenvalue weighted by Gasteiger charge is -2.15. The lowest BCUT2D eigenvalue weighted by Crippen LogP contribution is -2.08. The minimum Gasteiger partial charge on any atom is -0.383 e. The van der Waals surface area contributed by atoms with Crippen molar-refractivity contribution in [2.75, 3.05) is 17.2 Å². The van der Waals surface area contributed by atoms with Crippen LogP contribution in [0.15, 0.2) is 48.5 Å². The number of para-hydroxylation sites is 3. The van der Waals surface area contributed by atoms with Gasteiger partial charge in [0.2, 0.25) is 0 Å². The van der Waals surface area contributed by atoms with Crippen molar-refractivity contribution >= 4 is 17.1 Å². The zero-order valence-corrected chi connectivity index (χ0v) is 12.8. The molecule has 2 nitrogen and oxygen atoms in total. The number of anilines is 3. The van der Waals surface area contributed by atoms with Gasteiger partial charge in [-0.15, -0.1) is 0 Å². The van der Waals surface area contributed by atoms with Crippen LogP contribution in [0.1, 0.15) is 32.1 Å². The largest absolute Gasteiger partial charge is 0.383 e. The van der Waals surface area contributed by atoms with E-state index in [1.165, 1.54) is 38.2 Å². The first-order valence-electron chi connectivity index (χ1n) is 8.17. The fourth-order valence-corrected chi connectivity index (χ4v) is 3.16. The summed E-state index contributed by atoms with van der Waals surface area (Å²) in [4.78, 5) is 0. The number of hydrogen-bond donors (Lipinski definition) is 2. The standard InChI is InChI=1S/C19H23FN2/c20-16-9-3-4-10-17(16)22-19-12-6-5-11-18(19)21-14-13-15-7-1-2-8-15/h3-6,9-12,15,21-22H,1-2,7-8,13-14H2.